The van der Waals surface area contributed by atoms with Gasteiger partial charge in [-0.3, -0.25) is 9.88 Å². The van der Waals surface area contributed by atoms with E-state index >= 15 is 0 Å². The lowest BCUT2D eigenvalue weighted by Gasteiger charge is -2.26. The van der Waals surface area contributed by atoms with Crippen molar-refractivity contribution in [2.45, 2.75) is 89.2 Å². The van der Waals surface area contributed by atoms with Gasteiger partial charge in [0.1, 0.15) is 24.4 Å². The maximum Gasteiger partial charge on any atom is 0.412 e. The summed E-state index contributed by atoms with van der Waals surface area (Å²) in [4.78, 5) is 27.9. The zero-order valence-electron chi connectivity index (χ0n) is 18.6. The van der Waals surface area contributed by atoms with Crippen LogP contribution >= 0.6 is 0 Å². The van der Waals surface area contributed by atoms with Gasteiger partial charge in [0.05, 0.1) is 25.0 Å². The fourth-order valence-corrected chi connectivity index (χ4v) is 3.63. The number of amides is 1. The van der Waals surface area contributed by atoms with Gasteiger partial charge in [-0.05, 0) is 20.3 Å². The van der Waals surface area contributed by atoms with Crippen molar-refractivity contribution in [2.75, 3.05) is 11.9 Å². The van der Waals surface area contributed by atoms with Gasteiger partial charge >= 0.3 is 11.8 Å². The average Bonchev–Trinajstić information content (AvgIpc) is 3.18. The number of ether oxygens (including phenoxy) is 4. The highest BCUT2D eigenvalue weighted by Crippen LogP contribution is 2.34. The van der Waals surface area contributed by atoms with Crippen molar-refractivity contribution in [3.05, 3.63) is 22.5 Å². The van der Waals surface area contributed by atoms with Crippen molar-refractivity contribution in [2.24, 2.45) is 0 Å². The van der Waals surface area contributed by atoms with E-state index in [1.165, 1.54) is 13.8 Å². The molecule has 12 nitrogen and oxygen atoms in total. The molecule has 13 heteroatoms. The van der Waals surface area contributed by atoms with Crippen LogP contribution in [0.15, 0.2) is 11.0 Å². The summed E-state index contributed by atoms with van der Waals surface area (Å²) in [6, 6.07) is 0. The second-order valence-corrected chi connectivity index (χ2v) is 8.11. The molecule has 2 aliphatic heterocycles. The number of halogens is 1. The Labute approximate surface area is 189 Å². The summed E-state index contributed by atoms with van der Waals surface area (Å²) in [5.74, 6) is -1.66. The summed E-state index contributed by atoms with van der Waals surface area (Å²) in [6.45, 7) is 5.18. The van der Waals surface area contributed by atoms with Crippen LogP contribution in [0.5, 0.6) is 0 Å². The molecule has 1 aromatic rings. The standard InChI is InChI=1S/C20H30FN3O9/c1-4-5-6-7-30-20(29)23-16-11(21)8-24(19(28)22-16)17-15(13(26)10(3)31-17)33-18-14(27)12(25)9(2)32-18/h8-10,12-15,17-18,25-27H,4-7H2,1-3H3,(H,22,23,28,29)/t9?,10-,12+,13-,14+,15-,17-,18-/m1/s1. The molecule has 8 atom stereocenters. The Morgan fingerprint density at radius 1 is 1.18 bits per heavy atom. The molecule has 1 amide bonds. The van der Waals surface area contributed by atoms with Gasteiger partial charge in [-0.25, -0.2) is 14.0 Å². The summed E-state index contributed by atoms with van der Waals surface area (Å²) in [5.41, 5.74) is -0.987. The van der Waals surface area contributed by atoms with E-state index in [0.29, 0.717) is 6.42 Å². The number of anilines is 1. The predicted octanol–water partition coefficient (Wildman–Crippen LogP) is 0.251. The van der Waals surface area contributed by atoms with Crippen LogP contribution in [0.3, 0.4) is 0 Å². The SMILES string of the molecule is CCCCCOC(=O)Nc1nc(=O)n([C@@H]2O[C@H](C)[C@@H](O)[C@H]2O[C@H]2OC(C)[C@H](O)[C@@H]2O)cc1F. The Bertz CT molecular complexity index is 885. The van der Waals surface area contributed by atoms with Crippen molar-refractivity contribution in [1.82, 2.24) is 9.55 Å². The van der Waals surface area contributed by atoms with Gasteiger partial charge in [0.2, 0.25) is 0 Å². The fourth-order valence-electron chi connectivity index (χ4n) is 3.63. The van der Waals surface area contributed by atoms with Gasteiger partial charge in [-0.1, -0.05) is 19.8 Å². The largest absolute Gasteiger partial charge is 0.449 e. The number of hydrogen-bond donors (Lipinski definition) is 4. The first-order valence-electron chi connectivity index (χ1n) is 10.9. The smallest absolute Gasteiger partial charge is 0.412 e. The molecule has 1 unspecified atom stereocenters. The number of nitrogens with zero attached hydrogens (tertiary/aromatic N) is 2. The number of aliphatic hydroxyl groups excluding tert-OH is 3. The van der Waals surface area contributed by atoms with E-state index in [9.17, 15) is 29.3 Å². The molecule has 33 heavy (non-hydrogen) atoms. The van der Waals surface area contributed by atoms with Crippen LogP contribution in [0.2, 0.25) is 0 Å². The minimum atomic E-state index is -1.40. The number of rotatable bonds is 8. The van der Waals surface area contributed by atoms with Crippen LogP contribution in [0.25, 0.3) is 0 Å². The number of nitrogens with one attached hydrogen (secondary N) is 1. The minimum absolute atomic E-state index is 0.144. The van der Waals surface area contributed by atoms with Gasteiger partial charge in [0, 0.05) is 0 Å². The van der Waals surface area contributed by atoms with Gasteiger partial charge in [0.15, 0.2) is 24.2 Å². The first kappa shape index (κ1) is 25.5. The summed E-state index contributed by atoms with van der Waals surface area (Å²) >= 11 is 0. The third-order valence-corrected chi connectivity index (χ3v) is 5.59. The molecule has 1 aromatic heterocycles. The molecular weight excluding hydrogens is 445 g/mol. The molecule has 0 saturated carbocycles. The van der Waals surface area contributed by atoms with E-state index in [1.807, 2.05) is 6.92 Å². The summed E-state index contributed by atoms with van der Waals surface area (Å²) < 4.78 is 36.9. The van der Waals surface area contributed by atoms with Crippen LogP contribution in [0, 0.1) is 5.82 Å². The second kappa shape index (κ2) is 10.8. The summed E-state index contributed by atoms with van der Waals surface area (Å²) in [5, 5.41) is 32.5. The predicted molar refractivity (Wildman–Crippen MR) is 110 cm³/mol. The van der Waals surface area contributed by atoms with Gasteiger partial charge in [-0.2, -0.15) is 4.98 Å². The number of aliphatic hydroxyl groups is 3. The molecule has 186 valence electrons. The first-order chi connectivity index (χ1) is 15.6. The molecule has 2 saturated heterocycles. The Morgan fingerprint density at radius 3 is 2.52 bits per heavy atom. The molecule has 0 radical (unpaired) electrons. The van der Waals surface area contributed by atoms with Gasteiger partial charge in [-0.15, -0.1) is 0 Å². The normalized spacial score (nSPS) is 33.9. The highest BCUT2D eigenvalue weighted by Gasteiger charge is 2.49. The van der Waals surface area contributed by atoms with Crippen molar-refractivity contribution < 1.29 is 43.5 Å². The summed E-state index contributed by atoms with van der Waals surface area (Å²) in [7, 11) is 0. The third kappa shape index (κ3) is 5.67. The summed E-state index contributed by atoms with van der Waals surface area (Å²) in [6.07, 6.45) is -7.01. The molecule has 0 spiro atoms. The Hall–Kier alpha value is -2.16. The Morgan fingerprint density at radius 2 is 1.88 bits per heavy atom. The zero-order valence-corrected chi connectivity index (χ0v) is 18.6. The van der Waals surface area contributed by atoms with Crippen LogP contribution in [-0.4, -0.2) is 80.5 Å². The molecule has 0 aromatic carbocycles. The lowest BCUT2D eigenvalue weighted by Crippen LogP contribution is -2.43. The Kier molecular flexibility index (Phi) is 8.37. The molecule has 2 fully saturated rings. The van der Waals surface area contributed by atoms with E-state index in [1.54, 1.807) is 0 Å². The highest BCUT2D eigenvalue weighted by atomic mass is 19.1. The van der Waals surface area contributed by atoms with Gasteiger partial charge < -0.3 is 34.3 Å². The fraction of sp³-hybridized carbons (Fsp3) is 0.750. The maximum atomic E-state index is 14.6. The van der Waals surface area contributed by atoms with E-state index in [-0.39, 0.29) is 6.61 Å². The topological polar surface area (TPSA) is 162 Å². The maximum absolute atomic E-state index is 14.6. The lowest BCUT2D eigenvalue weighted by molar-refractivity contribution is -0.216. The average molecular weight is 475 g/mol. The van der Waals surface area contributed by atoms with E-state index < -0.39 is 72.6 Å². The number of aromatic nitrogens is 2. The van der Waals surface area contributed by atoms with Crippen molar-refractivity contribution >= 4 is 11.9 Å². The molecule has 0 aliphatic carbocycles. The molecular formula is C20H30FN3O9. The van der Waals surface area contributed by atoms with Crippen molar-refractivity contribution in [3.63, 3.8) is 0 Å². The molecule has 0 bridgehead atoms. The highest BCUT2D eigenvalue weighted by molar-refractivity contribution is 5.83. The number of hydrogen-bond acceptors (Lipinski definition) is 10. The quantitative estimate of drug-likeness (QED) is 0.384. The van der Waals surface area contributed by atoms with Crippen molar-refractivity contribution in [1.29, 1.82) is 0 Å². The van der Waals surface area contributed by atoms with Crippen LogP contribution in [0.4, 0.5) is 15.0 Å². The monoisotopic (exact) mass is 475 g/mol. The van der Waals surface area contributed by atoms with E-state index in [4.69, 9.17) is 18.9 Å². The zero-order chi connectivity index (χ0) is 24.3. The number of unbranched alkanes of at least 4 members (excludes halogenated alkanes) is 2. The first-order valence-corrected chi connectivity index (χ1v) is 10.9. The number of carbonyl (C=O) groups is 1. The van der Waals surface area contributed by atoms with Crippen molar-refractivity contribution in [3.8, 4) is 0 Å². The number of carbonyl (C=O) groups excluding carboxylic acids is 1. The van der Waals surface area contributed by atoms with E-state index in [0.717, 1.165) is 23.6 Å². The second-order valence-electron chi connectivity index (χ2n) is 8.11. The van der Waals surface area contributed by atoms with Crippen LogP contribution in [0.1, 0.15) is 46.3 Å². The van der Waals surface area contributed by atoms with E-state index in [2.05, 4.69) is 10.3 Å². The third-order valence-electron chi connectivity index (χ3n) is 5.59. The van der Waals surface area contributed by atoms with Crippen LogP contribution < -0.4 is 11.0 Å². The van der Waals surface area contributed by atoms with Crippen LogP contribution in [-0.2, 0) is 18.9 Å². The molecule has 3 rings (SSSR count). The minimum Gasteiger partial charge on any atom is -0.449 e. The van der Waals surface area contributed by atoms with Gasteiger partial charge in [0.25, 0.3) is 0 Å². The molecule has 4 N–H and O–H groups in total. The molecule has 3 heterocycles. The lowest BCUT2D eigenvalue weighted by atomic mass is 10.1. The Balaban J connectivity index is 1.74. The molecule has 2 aliphatic rings.